The third-order valence-corrected chi connectivity index (χ3v) is 4.22. The molecule has 0 saturated heterocycles. The Hall–Kier alpha value is -2.46. The van der Waals surface area contributed by atoms with Gasteiger partial charge in [0, 0.05) is 34.6 Å². The highest BCUT2D eigenvalue weighted by atomic mass is 32.1. The molecule has 0 aliphatic carbocycles. The summed E-state index contributed by atoms with van der Waals surface area (Å²) in [6.45, 7) is 0. The Kier molecular flexibility index (Phi) is 2.60. The van der Waals surface area contributed by atoms with Crippen LogP contribution in [-0.2, 0) is 0 Å². The van der Waals surface area contributed by atoms with Crippen molar-refractivity contribution in [3.8, 4) is 33.0 Å². The van der Waals surface area contributed by atoms with E-state index in [1.54, 1.807) is 17.6 Å². The summed E-state index contributed by atoms with van der Waals surface area (Å²) in [7, 11) is 0. The minimum Gasteiger partial charge on any atom is -0.464 e. The third-order valence-electron chi connectivity index (χ3n) is 3.32. The van der Waals surface area contributed by atoms with E-state index < -0.39 is 0 Å². The van der Waals surface area contributed by atoms with Crippen LogP contribution < -0.4 is 0 Å². The van der Waals surface area contributed by atoms with Gasteiger partial charge in [0.1, 0.15) is 5.76 Å². The van der Waals surface area contributed by atoms with Gasteiger partial charge in [0.05, 0.1) is 17.5 Å². The fourth-order valence-electron chi connectivity index (χ4n) is 2.43. The molecule has 0 amide bonds. The van der Waals surface area contributed by atoms with E-state index in [0.717, 1.165) is 22.6 Å². The van der Waals surface area contributed by atoms with E-state index >= 15 is 0 Å². The average Bonchev–Trinajstić information content (AvgIpc) is 3.23. The van der Waals surface area contributed by atoms with Crippen LogP contribution in [0.25, 0.3) is 33.0 Å². The first-order chi connectivity index (χ1) is 9.93. The summed E-state index contributed by atoms with van der Waals surface area (Å²) >= 11 is 1.73. The third kappa shape index (κ3) is 1.73. The lowest BCUT2D eigenvalue weighted by molar-refractivity contribution is 0.583. The predicted molar refractivity (Wildman–Crippen MR) is 81.6 cm³/mol. The normalized spacial score (nSPS) is 11.0. The van der Waals surface area contributed by atoms with Crippen molar-refractivity contribution in [1.82, 2.24) is 9.97 Å². The van der Waals surface area contributed by atoms with Gasteiger partial charge in [-0.1, -0.05) is 6.07 Å². The summed E-state index contributed by atoms with van der Waals surface area (Å²) in [4.78, 5) is 7.71. The molecule has 0 bridgehead atoms. The highest BCUT2D eigenvalue weighted by molar-refractivity contribution is 7.13. The Morgan fingerprint density at radius 2 is 2.05 bits per heavy atom. The Morgan fingerprint density at radius 1 is 1.05 bits per heavy atom. The van der Waals surface area contributed by atoms with Gasteiger partial charge in [-0.15, -0.1) is 11.3 Å². The van der Waals surface area contributed by atoms with Crippen LogP contribution in [0.1, 0.15) is 0 Å². The molecule has 0 radical (unpaired) electrons. The Balaban J connectivity index is 1.98. The Bertz CT molecular complexity index is 741. The van der Waals surface area contributed by atoms with Gasteiger partial charge in [-0.3, -0.25) is 0 Å². The van der Waals surface area contributed by atoms with Gasteiger partial charge in [0.2, 0.25) is 0 Å². The first kappa shape index (κ1) is 11.4. The number of nitrogens with one attached hydrogen (secondary N) is 2. The van der Waals surface area contributed by atoms with Crippen molar-refractivity contribution in [2.75, 3.05) is 0 Å². The van der Waals surface area contributed by atoms with Crippen molar-refractivity contribution in [1.29, 1.82) is 0 Å². The highest BCUT2D eigenvalue weighted by Gasteiger charge is 2.18. The second kappa shape index (κ2) is 4.58. The zero-order valence-electron chi connectivity index (χ0n) is 10.6. The average molecular weight is 280 g/mol. The fourth-order valence-corrected chi connectivity index (χ4v) is 3.18. The molecule has 2 N–H and O–H groups in total. The first-order valence-electron chi connectivity index (χ1n) is 6.36. The fraction of sp³-hybridized carbons (Fsp3) is 0. The van der Waals surface area contributed by atoms with Gasteiger partial charge in [-0.2, -0.15) is 0 Å². The van der Waals surface area contributed by atoms with Crippen molar-refractivity contribution in [2.45, 2.75) is 0 Å². The van der Waals surface area contributed by atoms with E-state index in [0.29, 0.717) is 0 Å². The summed E-state index contributed by atoms with van der Waals surface area (Å²) in [5.41, 5.74) is 4.48. The molecule has 20 heavy (non-hydrogen) atoms. The standard InChI is InChI=1S/C16H12N2OS/c1-3-13(19-7-1)15-12(14-4-2-8-20-14)10-18-16(15)11-5-6-17-9-11/h1-10,17-18H. The molecule has 0 unspecified atom stereocenters. The molecule has 0 spiro atoms. The minimum atomic E-state index is 0.880. The van der Waals surface area contributed by atoms with Crippen LogP contribution in [0.5, 0.6) is 0 Å². The van der Waals surface area contributed by atoms with Crippen LogP contribution in [0.15, 0.2) is 65.0 Å². The van der Waals surface area contributed by atoms with Crippen LogP contribution >= 0.6 is 11.3 Å². The van der Waals surface area contributed by atoms with E-state index in [9.17, 15) is 0 Å². The smallest absolute Gasteiger partial charge is 0.136 e. The minimum absolute atomic E-state index is 0.880. The number of H-pyrrole nitrogens is 2. The van der Waals surface area contributed by atoms with Crippen molar-refractivity contribution in [3.05, 3.63) is 60.6 Å². The number of aromatic nitrogens is 2. The molecule has 4 heterocycles. The number of rotatable bonds is 3. The molecule has 4 heteroatoms. The van der Waals surface area contributed by atoms with Crippen LogP contribution in [0.2, 0.25) is 0 Å². The number of hydrogen-bond acceptors (Lipinski definition) is 2. The van der Waals surface area contributed by atoms with Crippen molar-refractivity contribution < 1.29 is 4.42 Å². The van der Waals surface area contributed by atoms with Gasteiger partial charge in [0.25, 0.3) is 0 Å². The lowest BCUT2D eigenvalue weighted by Crippen LogP contribution is -1.80. The maximum atomic E-state index is 5.63. The Morgan fingerprint density at radius 3 is 2.75 bits per heavy atom. The number of furan rings is 1. The summed E-state index contributed by atoms with van der Waals surface area (Å²) < 4.78 is 5.63. The van der Waals surface area contributed by atoms with E-state index in [1.165, 1.54) is 10.4 Å². The van der Waals surface area contributed by atoms with E-state index in [-0.39, 0.29) is 0 Å². The van der Waals surface area contributed by atoms with E-state index in [4.69, 9.17) is 4.42 Å². The summed E-state index contributed by atoms with van der Waals surface area (Å²) in [5, 5.41) is 2.09. The monoisotopic (exact) mass is 280 g/mol. The molecule has 98 valence electrons. The molecule has 4 aromatic heterocycles. The topological polar surface area (TPSA) is 44.7 Å². The SMILES string of the molecule is c1coc(-c2c(-c3cccs3)c[nH]c2-c2cc[nH]c2)c1. The van der Waals surface area contributed by atoms with Gasteiger partial charge >= 0.3 is 0 Å². The van der Waals surface area contributed by atoms with Gasteiger partial charge in [-0.05, 0) is 29.6 Å². The van der Waals surface area contributed by atoms with Crippen LogP contribution in [-0.4, -0.2) is 9.97 Å². The molecule has 0 fully saturated rings. The molecule has 3 nitrogen and oxygen atoms in total. The maximum absolute atomic E-state index is 5.63. The van der Waals surface area contributed by atoms with E-state index in [1.807, 2.05) is 30.7 Å². The highest BCUT2D eigenvalue weighted by Crippen LogP contribution is 2.41. The largest absolute Gasteiger partial charge is 0.464 e. The van der Waals surface area contributed by atoms with Gasteiger partial charge < -0.3 is 14.4 Å². The molecular weight excluding hydrogens is 268 g/mol. The number of thiophene rings is 1. The quantitative estimate of drug-likeness (QED) is 0.545. The molecular formula is C16H12N2OS. The van der Waals surface area contributed by atoms with Crippen LogP contribution in [0, 0.1) is 0 Å². The summed E-state index contributed by atoms with van der Waals surface area (Å²) in [5.74, 6) is 0.880. The molecule has 4 aromatic rings. The molecule has 4 rings (SSSR count). The zero-order chi connectivity index (χ0) is 13.4. The van der Waals surface area contributed by atoms with E-state index in [2.05, 4.69) is 33.5 Å². The van der Waals surface area contributed by atoms with Crippen molar-refractivity contribution in [2.24, 2.45) is 0 Å². The second-order valence-corrected chi connectivity index (χ2v) is 5.45. The van der Waals surface area contributed by atoms with Gasteiger partial charge in [0.15, 0.2) is 0 Å². The lowest BCUT2D eigenvalue weighted by atomic mass is 10.0. The second-order valence-electron chi connectivity index (χ2n) is 4.51. The molecule has 0 aliphatic heterocycles. The molecule has 0 atom stereocenters. The molecule has 0 saturated carbocycles. The molecule has 0 aliphatic rings. The van der Waals surface area contributed by atoms with Crippen molar-refractivity contribution in [3.63, 3.8) is 0 Å². The van der Waals surface area contributed by atoms with Crippen LogP contribution in [0.4, 0.5) is 0 Å². The maximum Gasteiger partial charge on any atom is 0.136 e. The number of aromatic amines is 2. The summed E-state index contributed by atoms with van der Waals surface area (Å²) in [6, 6.07) is 10.2. The van der Waals surface area contributed by atoms with Crippen molar-refractivity contribution >= 4 is 11.3 Å². The Labute approximate surface area is 119 Å². The van der Waals surface area contributed by atoms with Crippen LogP contribution in [0.3, 0.4) is 0 Å². The van der Waals surface area contributed by atoms with Gasteiger partial charge in [-0.25, -0.2) is 0 Å². The summed E-state index contributed by atoms with van der Waals surface area (Å²) in [6.07, 6.45) is 7.66. The lowest BCUT2D eigenvalue weighted by Gasteiger charge is -2.02. The zero-order valence-corrected chi connectivity index (χ0v) is 11.4. The molecule has 0 aromatic carbocycles. The predicted octanol–water partition coefficient (Wildman–Crippen LogP) is 5.00. The number of hydrogen-bond donors (Lipinski definition) is 2. The first-order valence-corrected chi connectivity index (χ1v) is 7.24.